The lowest BCUT2D eigenvalue weighted by Crippen LogP contribution is -2.24. The van der Waals surface area contributed by atoms with E-state index in [0.29, 0.717) is 12.3 Å². The van der Waals surface area contributed by atoms with Crippen molar-refractivity contribution in [3.8, 4) is 0 Å². The zero-order chi connectivity index (χ0) is 8.43. The standard InChI is InChI=1S/C8H13NO2/c1-3-5(2)6-4-7(10)9-8(6)11/h5-6H,3-4H2,1-2H3,(H,9,10,11)/t5-,6+/m1/s1. The Morgan fingerprint density at radius 1 is 1.64 bits per heavy atom. The van der Waals surface area contributed by atoms with Crippen LogP contribution in [0.5, 0.6) is 0 Å². The summed E-state index contributed by atoms with van der Waals surface area (Å²) in [7, 11) is 0. The van der Waals surface area contributed by atoms with E-state index in [1.54, 1.807) is 0 Å². The quantitative estimate of drug-likeness (QED) is 0.596. The van der Waals surface area contributed by atoms with Crippen LogP contribution in [0.2, 0.25) is 0 Å². The van der Waals surface area contributed by atoms with Crippen molar-refractivity contribution in [1.82, 2.24) is 5.32 Å². The number of hydrogen-bond donors (Lipinski definition) is 1. The third-order valence-corrected chi connectivity index (χ3v) is 2.34. The molecule has 1 rings (SSSR count). The van der Waals surface area contributed by atoms with Gasteiger partial charge in [0.25, 0.3) is 0 Å². The number of amides is 2. The lowest BCUT2D eigenvalue weighted by atomic mass is 9.91. The van der Waals surface area contributed by atoms with Crippen LogP contribution in [0.25, 0.3) is 0 Å². The van der Waals surface area contributed by atoms with Crippen molar-refractivity contribution in [2.75, 3.05) is 0 Å². The molecular formula is C8H13NO2. The monoisotopic (exact) mass is 155 g/mol. The van der Waals surface area contributed by atoms with E-state index in [1.807, 2.05) is 13.8 Å². The van der Waals surface area contributed by atoms with Crippen molar-refractivity contribution >= 4 is 11.8 Å². The summed E-state index contributed by atoms with van der Waals surface area (Å²) < 4.78 is 0. The Balaban J connectivity index is 2.59. The first-order chi connectivity index (χ1) is 5.15. The molecule has 62 valence electrons. The molecular weight excluding hydrogens is 142 g/mol. The maximum Gasteiger partial charge on any atom is 0.230 e. The summed E-state index contributed by atoms with van der Waals surface area (Å²) >= 11 is 0. The van der Waals surface area contributed by atoms with Crippen LogP contribution in [0.4, 0.5) is 0 Å². The van der Waals surface area contributed by atoms with Crippen LogP contribution in [0.3, 0.4) is 0 Å². The molecule has 1 heterocycles. The summed E-state index contributed by atoms with van der Waals surface area (Å²) in [4.78, 5) is 21.8. The molecule has 0 bridgehead atoms. The van der Waals surface area contributed by atoms with Crippen LogP contribution in [0.1, 0.15) is 26.7 Å². The molecule has 11 heavy (non-hydrogen) atoms. The minimum absolute atomic E-state index is 0.0764. The van der Waals surface area contributed by atoms with Gasteiger partial charge in [-0.2, -0.15) is 0 Å². The van der Waals surface area contributed by atoms with Crippen molar-refractivity contribution < 1.29 is 9.59 Å². The minimum atomic E-state index is -0.125. The Kier molecular flexibility index (Phi) is 2.27. The van der Waals surface area contributed by atoms with Gasteiger partial charge in [0.2, 0.25) is 11.8 Å². The summed E-state index contributed by atoms with van der Waals surface area (Å²) in [5.41, 5.74) is 0. The molecule has 1 aliphatic rings. The van der Waals surface area contributed by atoms with Gasteiger partial charge in [-0.25, -0.2) is 0 Å². The highest BCUT2D eigenvalue weighted by molar-refractivity contribution is 6.03. The summed E-state index contributed by atoms with van der Waals surface area (Å²) in [6.07, 6.45) is 1.33. The SMILES string of the molecule is CC[C@@H](C)[C@@H]1CC(=O)NC1=O. The Morgan fingerprint density at radius 2 is 2.27 bits per heavy atom. The van der Waals surface area contributed by atoms with Crippen LogP contribution in [0, 0.1) is 11.8 Å². The van der Waals surface area contributed by atoms with Gasteiger partial charge in [-0.3, -0.25) is 14.9 Å². The molecule has 1 N–H and O–H groups in total. The second-order valence-corrected chi connectivity index (χ2v) is 3.11. The van der Waals surface area contributed by atoms with E-state index < -0.39 is 0 Å². The number of carbonyl (C=O) groups excluding carboxylic acids is 2. The fourth-order valence-corrected chi connectivity index (χ4v) is 1.32. The van der Waals surface area contributed by atoms with Gasteiger partial charge in [-0.05, 0) is 5.92 Å². The highest BCUT2D eigenvalue weighted by Gasteiger charge is 2.33. The fourth-order valence-electron chi connectivity index (χ4n) is 1.32. The molecule has 1 aliphatic heterocycles. The number of nitrogens with one attached hydrogen (secondary N) is 1. The Labute approximate surface area is 66.2 Å². The topological polar surface area (TPSA) is 46.2 Å². The normalized spacial score (nSPS) is 26.9. The minimum Gasteiger partial charge on any atom is -0.296 e. The third-order valence-electron chi connectivity index (χ3n) is 2.34. The van der Waals surface area contributed by atoms with Gasteiger partial charge < -0.3 is 0 Å². The van der Waals surface area contributed by atoms with E-state index in [0.717, 1.165) is 6.42 Å². The first-order valence-electron chi connectivity index (χ1n) is 3.98. The summed E-state index contributed by atoms with van der Waals surface area (Å²) in [6.45, 7) is 4.03. The van der Waals surface area contributed by atoms with Crippen molar-refractivity contribution in [3.05, 3.63) is 0 Å². The average Bonchev–Trinajstić information content (AvgIpc) is 2.28. The smallest absolute Gasteiger partial charge is 0.230 e. The molecule has 3 nitrogen and oxygen atoms in total. The molecule has 0 saturated carbocycles. The highest BCUT2D eigenvalue weighted by atomic mass is 16.2. The second kappa shape index (κ2) is 3.03. The molecule has 1 fully saturated rings. The number of carbonyl (C=O) groups is 2. The van der Waals surface area contributed by atoms with Crippen LogP contribution in [0.15, 0.2) is 0 Å². The molecule has 2 atom stereocenters. The van der Waals surface area contributed by atoms with E-state index >= 15 is 0 Å². The van der Waals surface area contributed by atoms with Crippen molar-refractivity contribution in [2.45, 2.75) is 26.7 Å². The molecule has 0 radical (unpaired) electrons. The van der Waals surface area contributed by atoms with Crippen LogP contribution >= 0.6 is 0 Å². The summed E-state index contributed by atoms with van der Waals surface area (Å²) in [6, 6.07) is 0. The lowest BCUT2D eigenvalue weighted by molar-refractivity contribution is -0.126. The highest BCUT2D eigenvalue weighted by Crippen LogP contribution is 2.22. The van der Waals surface area contributed by atoms with Gasteiger partial charge in [0, 0.05) is 12.3 Å². The number of rotatable bonds is 2. The average molecular weight is 155 g/mol. The lowest BCUT2D eigenvalue weighted by Gasteiger charge is -2.12. The van der Waals surface area contributed by atoms with Crippen molar-refractivity contribution in [1.29, 1.82) is 0 Å². The Morgan fingerprint density at radius 3 is 2.64 bits per heavy atom. The molecule has 0 aliphatic carbocycles. The first-order valence-corrected chi connectivity index (χ1v) is 3.98. The second-order valence-electron chi connectivity index (χ2n) is 3.11. The van der Waals surface area contributed by atoms with Gasteiger partial charge >= 0.3 is 0 Å². The number of hydrogen-bond acceptors (Lipinski definition) is 2. The fraction of sp³-hybridized carbons (Fsp3) is 0.750. The zero-order valence-electron chi connectivity index (χ0n) is 6.89. The molecule has 0 aromatic carbocycles. The van der Waals surface area contributed by atoms with Crippen LogP contribution in [-0.4, -0.2) is 11.8 Å². The van der Waals surface area contributed by atoms with Crippen LogP contribution in [-0.2, 0) is 9.59 Å². The van der Waals surface area contributed by atoms with Crippen molar-refractivity contribution in [2.24, 2.45) is 11.8 Å². The largest absolute Gasteiger partial charge is 0.296 e. The van der Waals surface area contributed by atoms with Gasteiger partial charge in [0.15, 0.2) is 0 Å². The maximum absolute atomic E-state index is 11.1. The van der Waals surface area contributed by atoms with E-state index in [-0.39, 0.29) is 17.7 Å². The molecule has 3 heteroatoms. The van der Waals surface area contributed by atoms with Gasteiger partial charge in [0.05, 0.1) is 0 Å². The van der Waals surface area contributed by atoms with Gasteiger partial charge in [0.1, 0.15) is 0 Å². The molecule has 2 amide bonds. The predicted molar refractivity (Wildman–Crippen MR) is 40.7 cm³/mol. The molecule has 0 unspecified atom stereocenters. The van der Waals surface area contributed by atoms with E-state index in [4.69, 9.17) is 0 Å². The predicted octanol–water partition coefficient (Wildman–Crippen LogP) is 0.695. The summed E-state index contributed by atoms with van der Waals surface area (Å²) in [5.74, 6) is 0.0265. The van der Waals surface area contributed by atoms with Gasteiger partial charge in [-0.15, -0.1) is 0 Å². The Bertz CT molecular complexity index is 189. The molecule has 0 aromatic rings. The first kappa shape index (κ1) is 8.24. The molecule has 0 aromatic heterocycles. The zero-order valence-corrected chi connectivity index (χ0v) is 6.89. The molecule has 1 saturated heterocycles. The van der Waals surface area contributed by atoms with Gasteiger partial charge in [-0.1, -0.05) is 20.3 Å². The van der Waals surface area contributed by atoms with E-state index in [9.17, 15) is 9.59 Å². The maximum atomic E-state index is 11.1. The molecule has 0 spiro atoms. The van der Waals surface area contributed by atoms with E-state index in [1.165, 1.54) is 0 Å². The number of imide groups is 1. The summed E-state index contributed by atoms with van der Waals surface area (Å²) in [5, 5.41) is 2.30. The Hall–Kier alpha value is -0.860. The van der Waals surface area contributed by atoms with E-state index in [2.05, 4.69) is 5.32 Å². The third kappa shape index (κ3) is 1.59. The van der Waals surface area contributed by atoms with Crippen LogP contribution < -0.4 is 5.32 Å². The van der Waals surface area contributed by atoms with Crippen molar-refractivity contribution in [3.63, 3.8) is 0 Å².